The van der Waals surface area contributed by atoms with E-state index in [0.29, 0.717) is 29.8 Å². The van der Waals surface area contributed by atoms with E-state index in [-0.39, 0.29) is 0 Å². The number of benzene rings is 1. The van der Waals surface area contributed by atoms with E-state index in [9.17, 15) is 0 Å². The largest absolute Gasteiger partial charge is 0.495 e. The summed E-state index contributed by atoms with van der Waals surface area (Å²) in [6.07, 6.45) is 7.76. The summed E-state index contributed by atoms with van der Waals surface area (Å²) < 4.78 is 16.3. The lowest BCUT2D eigenvalue weighted by Gasteiger charge is -2.16. The molecule has 0 aliphatic rings. The summed E-state index contributed by atoms with van der Waals surface area (Å²) in [5.41, 5.74) is 3.15. The van der Waals surface area contributed by atoms with Gasteiger partial charge in [0.25, 0.3) is 0 Å². The quantitative estimate of drug-likeness (QED) is 0.269. The van der Waals surface area contributed by atoms with Crippen LogP contribution in [0, 0.1) is 0 Å². The first kappa shape index (κ1) is 25.1. The highest BCUT2D eigenvalue weighted by Gasteiger charge is 2.10. The van der Waals surface area contributed by atoms with Crippen LogP contribution in [0.15, 0.2) is 61.2 Å². The number of aromatic nitrogens is 5. The molecule has 10 heteroatoms. The highest BCUT2D eigenvalue weighted by molar-refractivity contribution is 5.64. The third-order valence-electron chi connectivity index (χ3n) is 5.45. The number of aromatic amines is 1. The van der Waals surface area contributed by atoms with Gasteiger partial charge in [-0.1, -0.05) is 6.07 Å². The van der Waals surface area contributed by atoms with Crippen LogP contribution in [0.3, 0.4) is 0 Å². The zero-order valence-corrected chi connectivity index (χ0v) is 20.8. The Balaban J connectivity index is 1.36. The Morgan fingerprint density at radius 2 is 1.89 bits per heavy atom. The van der Waals surface area contributed by atoms with Gasteiger partial charge in [-0.05, 0) is 37.7 Å². The minimum Gasteiger partial charge on any atom is -0.495 e. The predicted octanol–water partition coefficient (Wildman–Crippen LogP) is 4.03. The van der Waals surface area contributed by atoms with Crippen molar-refractivity contribution in [2.24, 2.45) is 0 Å². The van der Waals surface area contributed by atoms with Crippen molar-refractivity contribution in [3.8, 4) is 34.3 Å². The maximum atomic E-state index is 5.93. The topological polar surface area (TPSA) is 110 Å². The zero-order valence-electron chi connectivity index (χ0n) is 20.8. The molecule has 10 nitrogen and oxygen atoms in total. The van der Waals surface area contributed by atoms with E-state index in [0.717, 1.165) is 48.8 Å². The molecule has 3 aromatic heterocycles. The van der Waals surface area contributed by atoms with Crippen LogP contribution in [0.4, 0.5) is 11.6 Å². The highest BCUT2D eigenvalue weighted by Crippen LogP contribution is 2.24. The summed E-state index contributed by atoms with van der Waals surface area (Å²) in [6.45, 7) is 3.23. The number of H-pyrrole nitrogens is 1. The summed E-state index contributed by atoms with van der Waals surface area (Å²) in [6, 6.07) is 11.5. The van der Waals surface area contributed by atoms with Crippen molar-refractivity contribution in [2.75, 3.05) is 52.9 Å². The van der Waals surface area contributed by atoms with E-state index in [1.807, 2.05) is 36.4 Å². The van der Waals surface area contributed by atoms with Crippen LogP contribution in [-0.2, 0) is 4.74 Å². The number of pyridine rings is 1. The molecule has 0 saturated carbocycles. The Kier molecular flexibility index (Phi) is 8.79. The second kappa shape index (κ2) is 12.6. The zero-order chi connectivity index (χ0) is 25.2. The molecule has 0 unspecified atom stereocenters. The van der Waals surface area contributed by atoms with Crippen LogP contribution in [0.25, 0.3) is 22.8 Å². The molecule has 4 rings (SSSR count). The van der Waals surface area contributed by atoms with Gasteiger partial charge in [0.2, 0.25) is 5.95 Å². The second-order valence-electron chi connectivity index (χ2n) is 8.18. The third-order valence-corrected chi connectivity index (χ3v) is 5.45. The fourth-order valence-corrected chi connectivity index (χ4v) is 3.50. The van der Waals surface area contributed by atoms with Crippen LogP contribution in [0.5, 0.6) is 11.5 Å². The molecule has 1 aromatic carbocycles. The van der Waals surface area contributed by atoms with Gasteiger partial charge in [-0.15, -0.1) is 0 Å². The SMILES string of the molecule is COCCN(C)CCCOc1cccc(Nc2nccc(-c3cnc(-c4cncc(OC)c4)[nH]3)n2)c1. The van der Waals surface area contributed by atoms with E-state index >= 15 is 0 Å². The molecule has 0 atom stereocenters. The minimum absolute atomic E-state index is 0.476. The van der Waals surface area contributed by atoms with E-state index in [1.54, 1.807) is 39.0 Å². The number of anilines is 2. The van der Waals surface area contributed by atoms with Gasteiger partial charge in [0.05, 0.1) is 44.1 Å². The van der Waals surface area contributed by atoms with E-state index in [1.165, 1.54) is 0 Å². The van der Waals surface area contributed by atoms with Gasteiger partial charge in [0.1, 0.15) is 17.3 Å². The summed E-state index contributed by atoms with van der Waals surface area (Å²) in [4.78, 5) is 23.2. The highest BCUT2D eigenvalue weighted by atomic mass is 16.5. The predicted molar refractivity (Wildman–Crippen MR) is 139 cm³/mol. The molecule has 0 saturated heterocycles. The number of ether oxygens (including phenoxy) is 3. The summed E-state index contributed by atoms with van der Waals surface area (Å²) in [5, 5.41) is 3.25. The lowest BCUT2D eigenvalue weighted by Crippen LogP contribution is -2.25. The average molecular weight is 490 g/mol. The number of methoxy groups -OCH3 is 2. The molecule has 0 radical (unpaired) electrons. The first-order chi connectivity index (χ1) is 17.6. The number of hydrogen-bond donors (Lipinski definition) is 2. The van der Waals surface area contributed by atoms with Gasteiger partial charge in [-0.2, -0.15) is 0 Å². The molecule has 0 aliphatic carbocycles. The van der Waals surface area contributed by atoms with E-state index < -0.39 is 0 Å². The first-order valence-electron chi connectivity index (χ1n) is 11.7. The van der Waals surface area contributed by atoms with Gasteiger partial charge in [-0.3, -0.25) is 4.98 Å². The fourth-order valence-electron chi connectivity index (χ4n) is 3.50. The monoisotopic (exact) mass is 489 g/mol. The van der Waals surface area contributed by atoms with Crippen LogP contribution in [0.2, 0.25) is 0 Å². The molecule has 0 bridgehead atoms. The smallest absolute Gasteiger partial charge is 0.227 e. The molecule has 2 N–H and O–H groups in total. The summed E-state index contributed by atoms with van der Waals surface area (Å²) >= 11 is 0. The first-order valence-corrected chi connectivity index (χ1v) is 11.7. The maximum Gasteiger partial charge on any atom is 0.227 e. The molecule has 3 heterocycles. The fraction of sp³-hybridized carbons (Fsp3) is 0.308. The molecular weight excluding hydrogens is 458 g/mol. The second-order valence-corrected chi connectivity index (χ2v) is 8.18. The van der Waals surface area contributed by atoms with Gasteiger partial charge in [0.15, 0.2) is 0 Å². The van der Waals surface area contributed by atoms with Gasteiger partial charge < -0.3 is 29.4 Å². The molecule has 0 aliphatic heterocycles. The number of nitrogens with one attached hydrogen (secondary N) is 2. The summed E-state index contributed by atoms with van der Waals surface area (Å²) in [5.74, 6) is 2.61. The van der Waals surface area contributed by atoms with Crippen LogP contribution < -0.4 is 14.8 Å². The number of nitrogens with zero attached hydrogens (tertiary/aromatic N) is 5. The van der Waals surface area contributed by atoms with Crippen LogP contribution in [0.1, 0.15) is 6.42 Å². The van der Waals surface area contributed by atoms with Gasteiger partial charge in [0, 0.05) is 49.9 Å². The minimum atomic E-state index is 0.476. The van der Waals surface area contributed by atoms with Crippen molar-refractivity contribution in [2.45, 2.75) is 6.42 Å². The van der Waals surface area contributed by atoms with Crippen LogP contribution in [-0.4, -0.2) is 77.4 Å². The number of imidazole rings is 1. The maximum absolute atomic E-state index is 5.93. The average Bonchev–Trinajstić information content (AvgIpc) is 3.41. The lowest BCUT2D eigenvalue weighted by molar-refractivity contribution is 0.157. The normalized spacial score (nSPS) is 11.0. The Morgan fingerprint density at radius 3 is 2.75 bits per heavy atom. The van der Waals surface area contributed by atoms with Crippen molar-refractivity contribution < 1.29 is 14.2 Å². The number of rotatable bonds is 13. The standard InChI is InChI=1S/C26H31N7O3/c1-33(11-13-34-2)10-5-12-36-21-7-4-6-20(15-21)30-26-28-9-8-23(32-26)24-18-29-25(31-24)19-14-22(35-3)17-27-16-19/h4,6-9,14-18H,5,10-13H2,1-3H3,(H,29,31)(H,28,30,32). The van der Waals surface area contributed by atoms with Gasteiger partial charge >= 0.3 is 0 Å². The molecule has 36 heavy (non-hydrogen) atoms. The summed E-state index contributed by atoms with van der Waals surface area (Å²) in [7, 11) is 5.40. The number of hydrogen-bond acceptors (Lipinski definition) is 9. The van der Waals surface area contributed by atoms with Crippen molar-refractivity contribution in [3.63, 3.8) is 0 Å². The van der Waals surface area contributed by atoms with Crippen LogP contribution >= 0.6 is 0 Å². The van der Waals surface area contributed by atoms with Crippen molar-refractivity contribution >= 4 is 11.6 Å². The van der Waals surface area contributed by atoms with E-state index in [4.69, 9.17) is 14.2 Å². The molecule has 188 valence electrons. The Hall–Kier alpha value is -4.02. The van der Waals surface area contributed by atoms with Gasteiger partial charge in [-0.25, -0.2) is 15.0 Å². The number of likely N-dealkylation sites (N-methyl/N-ethyl adjacent to an activating group) is 1. The van der Waals surface area contributed by atoms with Crippen molar-refractivity contribution in [3.05, 3.63) is 61.2 Å². The molecule has 0 fully saturated rings. The molecular formula is C26H31N7O3. The lowest BCUT2D eigenvalue weighted by atomic mass is 10.2. The third kappa shape index (κ3) is 7.00. The molecule has 4 aromatic rings. The molecule has 0 spiro atoms. The van der Waals surface area contributed by atoms with E-state index in [2.05, 4.69) is 42.2 Å². The molecule has 0 amide bonds. The van der Waals surface area contributed by atoms with Crippen molar-refractivity contribution in [1.29, 1.82) is 0 Å². The Labute approximate surface area is 210 Å². The van der Waals surface area contributed by atoms with Crippen molar-refractivity contribution in [1.82, 2.24) is 29.8 Å². The Bertz CT molecular complexity index is 1250. The Morgan fingerprint density at radius 1 is 0.972 bits per heavy atom.